The van der Waals surface area contributed by atoms with E-state index in [0.717, 1.165) is 5.56 Å². The van der Waals surface area contributed by atoms with Gasteiger partial charge in [-0.05, 0) is 17.7 Å². The minimum absolute atomic E-state index is 0.0821. The number of carbonyl (C=O) groups excluding carboxylic acids is 1. The van der Waals surface area contributed by atoms with E-state index in [2.05, 4.69) is 0 Å². The number of rotatable bonds is 3. The second-order valence-corrected chi connectivity index (χ2v) is 5.19. The molecule has 2 heterocycles. The van der Waals surface area contributed by atoms with Crippen LogP contribution in [0.15, 0.2) is 18.2 Å². The lowest BCUT2D eigenvalue weighted by atomic mass is 10.1. The Hall–Kier alpha value is -2.28. The number of fused-ring (bicyclic) bond motifs is 1. The first-order valence-electron chi connectivity index (χ1n) is 7.14. The van der Waals surface area contributed by atoms with Gasteiger partial charge in [0.05, 0.1) is 19.6 Å². The maximum Gasteiger partial charge on any atom is 0.334 e. The molecule has 0 aliphatic carbocycles. The number of amides is 1. The molecular formula is C15H17NO6. The van der Waals surface area contributed by atoms with Crippen LogP contribution >= 0.6 is 0 Å². The summed E-state index contributed by atoms with van der Waals surface area (Å²) >= 11 is 0. The van der Waals surface area contributed by atoms with E-state index in [1.165, 1.54) is 4.90 Å². The van der Waals surface area contributed by atoms with Crippen molar-refractivity contribution in [3.8, 4) is 11.5 Å². The van der Waals surface area contributed by atoms with E-state index in [1.807, 2.05) is 6.07 Å². The van der Waals surface area contributed by atoms with Gasteiger partial charge in [0.25, 0.3) is 0 Å². The van der Waals surface area contributed by atoms with Crippen LogP contribution in [0.2, 0.25) is 0 Å². The number of hydrogen-bond donors (Lipinski definition) is 1. The Bertz CT molecular complexity index is 587. The molecule has 0 saturated carbocycles. The molecule has 0 spiro atoms. The Morgan fingerprint density at radius 2 is 1.95 bits per heavy atom. The molecule has 2 aliphatic heterocycles. The van der Waals surface area contributed by atoms with Gasteiger partial charge in [-0.3, -0.25) is 4.79 Å². The van der Waals surface area contributed by atoms with Gasteiger partial charge in [-0.2, -0.15) is 0 Å². The molecule has 7 heteroatoms. The van der Waals surface area contributed by atoms with Crippen molar-refractivity contribution in [1.82, 2.24) is 4.90 Å². The second-order valence-electron chi connectivity index (χ2n) is 5.19. The molecule has 0 bridgehead atoms. The predicted molar refractivity (Wildman–Crippen MR) is 75.1 cm³/mol. The van der Waals surface area contributed by atoms with Gasteiger partial charge in [0.2, 0.25) is 5.91 Å². The fourth-order valence-electron chi connectivity index (χ4n) is 2.51. The molecule has 2 aliphatic rings. The monoisotopic (exact) mass is 307 g/mol. The first-order chi connectivity index (χ1) is 10.6. The summed E-state index contributed by atoms with van der Waals surface area (Å²) in [5.74, 6) is 0.157. The summed E-state index contributed by atoms with van der Waals surface area (Å²) in [6.45, 7) is 1.75. The number of carboxylic acid groups (broad SMARTS) is 1. The summed E-state index contributed by atoms with van der Waals surface area (Å²) in [6, 6.07) is 5.40. The van der Waals surface area contributed by atoms with Crippen molar-refractivity contribution in [3.05, 3.63) is 23.8 Å². The summed E-state index contributed by atoms with van der Waals surface area (Å²) in [7, 11) is 0. The highest BCUT2D eigenvalue weighted by molar-refractivity contribution is 5.80. The first kappa shape index (κ1) is 14.6. The van der Waals surface area contributed by atoms with E-state index >= 15 is 0 Å². The number of carboxylic acids is 1. The van der Waals surface area contributed by atoms with Crippen molar-refractivity contribution in [2.45, 2.75) is 12.5 Å². The van der Waals surface area contributed by atoms with E-state index in [1.54, 1.807) is 12.1 Å². The maximum absolute atomic E-state index is 12.3. The second kappa shape index (κ2) is 6.23. The van der Waals surface area contributed by atoms with Crippen molar-refractivity contribution in [3.63, 3.8) is 0 Å². The van der Waals surface area contributed by atoms with Crippen LogP contribution in [0.3, 0.4) is 0 Å². The molecule has 22 heavy (non-hydrogen) atoms. The first-order valence-corrected chi connectivity index (χ1v) is 7.14. The lowest BCUT2D eigenvalue weighted by Crippen LogP contribution is -2.49. The van der Waals surface area contributed by atoms with Crippen molar-refractivity contribution in [2.24, 2.45) is 0 Å². The zero-order valence-electron chi connectivity index (χ0n) is 12.0. The van der Waals surface area contributed by atoms with Gasteiger partial charge in [-0.15, -0.1) is 0 Å². The molecule has 1 aromatic rings. The largest absolute Gasteiger partial charge is 0.486 e. The molecule has 1 saturated heterocycles. The molecule has 1 N–H and O–H groups in total. The van der Waals surface area contributed by atoms with Gasteiger partial charge in [-0.1, -0.05) is 6.07 Å². The van der Waals surface area contributed by atoms with Crippen LogP contribution in [0.4, 0.5) is 0 Å². The molecule has 0 aromatic heterocycles. The Balaban J connectivity index is 1.65. The van der Waals surface area contributed by atoms with Gasteiger partial charge in [-0.25, -0.2) is 4.79 Å². The number of nitrogens with zero attached hydrogens (tertiary/aromatic N) is 1. The Labute approximate surface area is 127 Å². The quantitative estimate of drug-likeness (QED) is 0.865. The lowest BCUT2D eigenvalue weighted by Gasteiger charge is -2.31. The van der Waals surface area contributed by atoms with Crippen molar-refractivity contribution >= 4 is 11.9 Å². The maximum atomic E-state index is 12.3. The SMILES string of the molecule is O=C(O)[C@H]1CN(C(=O)Cc2ccc3c(c2)OCCO3)CCO1. The topological polar surface area (TPSA) is 85.3 Å². The molecule has 1 fully saturated rings. The van der Waals surface area contributed by atoms with Gasteiger partial charge < -0.3 is 24.2 Å². The van der Waals surface area contributed by atoms with Crippen LogP contribution in [0.5, 0.6) is 11.5 Å². The number of hydrogen-bond acceptors (Lipinski definition) is 5. The van der Waals surface area contributed by atoms with Gasteiger partial charge in [0, 0.05) is 6.54 Å². The highest BCUT2D eigenvalue weighted by atomic mass is 16.6. The van der Waals surface area contributed by atoms with E-state index in [-0.39, 0.29) is 25.5 Å². The van der Waals surface area contributed by atoms with E-state index in [4.69, 9.17) is 19.3 Å². The van der Waals surface area contributed by atoms with Crippen LogP contribution in [0.1, 0.15) is 5.56 Å². The highest BCUT2D eigenvalue weighted by Gasteiger charge is 2.29. The number of aliphatic carboxylic acids is 1. The third kappa shape index (κ3) is 3.14. The van der Waals surface area contributed by atoms with Crippen LogP contribution in [0, 0.1) is 0 Å². The molecule has 1 atom stereocenters. The number of carbonyl (C=O) groups is 2. The van der Waals surface area contributed by atoms with Crippen molar-refractivity contribution < 1.29 is 28.9 Å². The standard InChI is InChI=1S/C15H17NO6/c17-14(16-3-4-20-13(9-16)15(18)19)8-10-1-2-11-12(7-10)22-6-5-21-11/h1-2,7,13H,3-6,8-9H2,(H,18,19)/t13-/m1/s1. The average molecular weight is 307 g/mol. The number of benzene rings is 1. The molecule has 7 nitrogen and oxygen atoms in total. The van der Waals surface area contributed by atoms with Crippen LogP contribution in [-0.2, 0) is 20.7 Å². The Morgan fingerprint density at radius 1 is 1.18 bits per heavy atom. The van der Waals surface area contributed by atoms with E-state index in [0.29, 0.717) is 31.3 Å². The third-order valence-corrected chi connectivity index (χ3v) is 3.66. The normalized spacial score (nSPS) is 20.5. The van der Waals surface area contributed by atoms with E-state index < -0.39 is 12.1 Å². The molecule has 3 rings (SSSR count). The molecule has 1 amide bonds. The Morgan fingerprint density at radius 3 is 2.73 bits per heavy atom. The molecule has 0 radical (unpaired) electrons. The molecule has 118 valence electrons. The summed E-state index contributed by atoms with van der Waals surface area (Å²) in [5, 5.41) is 8.97. The third-order valence-electron chi connectivity index (χ3n) is 3.66. The number of ether oxygens (including phenoxy) is 3. The van der Waals surface area contributed by atoms with Crippen molar-refractivity contribution in [1.29, 1.82) is 0 Å². The zero-order valence-corrected chi connectivity index (χ0v) is 12.0. The highest BCUT2D eigenvalue weighted by Crippen LogP contribution is 2.31. The summed E-state index contributed by atoms with van der Waals surface area (Å²) in [6.07, 6.45) is -0.749. The summed E-state index contributed by atoms with van der Waals surface area (Å²) < 4.78 is 16.0. The molecule has 0 unspecified atom stereocenters. The van der Waals surface area contributed by atoms with Gasteiger partial charge in [0.1, 0.15) is 13.2 Å². The minimum atomic E-state index is -1.04. The van der Waals surface area contributed by atoms with Crippen LogP contribution in [-0.4, -0.2) is 60.9 Å². The Kier molecular flexibility index (Phi) is 4.15. The van der Waals surface area contributed by atoms with Crippen LogP contribution < -0.4 is 9.47 Å². The number of morpholine rings is 1. The zero-order chi connectivity index (χ0) is 15.5. The van der Waals surface area contributed by atoms with Crippen molar-refractivity contribution in [2.75, 3.05) is 32.9 Å². The fraction of sp³-hybridized carbons (Fsp3) is 0.467. The molecular weight excluding hydrogens is 290 g/mol. The van der Waals surface area contributed by atoms with E-state index in [9.17, 15) is 9.59 Å². The summed E-state index contributed by atoms with van der Waals surface area (Å²) in [4.78, 5) is 24.8. The smallest absolute Gasteiger partial charge is 0.334 e. The minimum Gasteiger partial charge on any atom is -0.486 e. The van der Waals surface area contributed by atoms with Gasteiger partial charge >= 0.3 is 5.97 Å². The summed E-state index contributed by atoms with van der Waals surface area (Å²) in [5.41, 5.74) is 0.813. The lowest BCUT2D eigenvalue weighted by molar-refractivity contribution is -0.159. The van der Waals surface area contributed by atoms with Gasteiger partial charge in [0.15, 0.2) is 17.6 Å². The fourth-order valence-corrected chi connectivity index (χ4v) is 2.51. The average Bonchev–Trinajstić information content (AvgIpc) is 2.55. The van der Waals surface area contributed by atoms with Crippen LogP contribution in [0.25, 0.3) is 0 Å². The molecule has 1 aromatic carbocycles. The predicted octanol–water partition coefficient (Wildman–Crippen LogP) is 0.312.